The first-order chi connectivity index (χ1) is 10.2. The summed E-state index contributed by atoms with van der Waals surface area (Å²) in [4.78, 5) is 35.2. The van der Waals surface area contributed by atoms with Gasteiger partial charge in [0.15, 0.2) is 5.78 Å². The average Bonchev–Trinajstić information content (AvgIpc) is 2.41. The molecule has 1 rings (SSSR count). The van der Waals surface area contributed by atoms with Gasteiger partial charge >= 0.3 is 12.1 Å². The minimum atomic E-state index is -0.999. The normalized spacial score (nSPS) is 12.2. The van der Waals surface area contributed by atoms with E-state index in [1.54, 1.807) is 51.1 Å². The van der Waals surface area contributed by atoms with Crippen LogP contribution in [0.15, 0.2) is 30.3 Å². The zero-order valence-electron chi connectivity index (χ0n) is 13.2. The van der Waals surface area contributed by atoms with E-state index in [0.29, 0.717) is 5.56 Å². The van der Waals surface area contributed by atoms with Gasteiger partial charge in [0.2, 0.25) is 0 Å². The number of carbonyl (C=O) groups is 3. The molecule has 0 saturated heterocycles. The first kappa shape index (κ1) is 17.7. The zero-order chi connectivity index (χ0) is 16.8. The summed E-state index contributed by atoms with van der Waals surface area (Å²) in [6.07, 6.45) is -0.742. The van der Waals surface area contributed by atoms with Crippen LogP contribution in [0.1, 0.15) is 38.1 Å². The lowest BCUT2D eigenvalue weighted by molar-refractivity contribution is -0.141. The Balaban J connectivity index is 2.81. The van der Waals surface area contributed by atoms with E-state index in [-0.39, 0.29) is 12.4 Å². The minimum absolute atomic E-state index is 0.248. The van der Waals surface area contributed by atoms with Crippen molar-refractivity contribution in [3.8, 4) is 0 Å². The van der Waals surface area contributed by atoms with Gasteiger partial charge in [-0.2, -0.15) is 0 Å². The fraction of sp³-hybridized carbons (Fsp3) is 0.438. The molecule has 0 aliphatic rings. The Hall–Kier alpha value is -2.37. The number of benzene rings is 1. The molecule has 0 aliphatic heterocycles. The molecule has 1 aromatic rings. The summed E-state index contributed by atoms with van der Waals surface area (Å²) in [6, 6.07) is 7.45. The summed E-state index contributed by atoms with van der Waals surface area (Å²) in [7, 11) is 0. The number of rotatable bonds is 5. The molecule has 0 aliphatic carbocycles. The minimum Gasteiger partial charge on any atom is -0.463 e. The Morgan fingerprint density at radius 1 is 1.14 bits per heavy atom. The van der Waals surface area contributed by atoms with Crippen molar-refractivity contribution < 1.29 is 23.9 Å². The number of ether oxygens (including phenoxy) is 2. The van der Waals surface area contributed by atoms with E-state index in [2.05, 4.69) is 5.32 Å². The highest BCUT2D eigenvalue weighted by molar-refractivity contribution is 6.01. The van der Waals surface area contributed by atoms with Crippen LogP contribution in [0.3, 0.4) is 0 Å². The fourth-order valence-electron chi connectivity index (χ4n) is 1.64. The van der Waals surface area contributed by atoms with E-state index < -0.39 is 23.7 Å². The van der Waals surface area contributed by atoms with E-state index in [1.165, 1.54) is 6.92 Å². The van der Waals surface area contributed by atoms with Crippen molar-refractivity contribution >= 4 is 17.8 Å². The van der Waals surface area contributed by atoms with Crippen molar-refractivity contribution in [2.75, 3.05) is 6.61 Å². The standard InChI is InChI=1S/C16H21NO5/c1-11(18)21-10-13(17-15(20)22-16(2,3)4)14(19)12-8-6-5-7-9-12/h5-9,13H,10H2,1-4H3,(H,17,20). The number of amides is 1. The number of Topliss-reactive ketones (excluding diaryl/α,β-unsaturated/α-hetero) is 1. The molecule has 0 aromatic heterocycles. The van der Waals surface area contributed by atoms with Crippen molar-refractivity contribution in [2.24, 2.45) is 0 Å². The van der Waals surface area contributed by atoms with E-state index in [0.717, 1.165) is 0 Å². The molecule has 0 fully saturated rings. The van der Waals surface area contributed by atoms with Crippen molar-refractivity contribution in [1.82, 2.24) is 5.32 Å². The van der Waals surface area contributed by atoms with Crippen molar-refractivity contribution in [3.05, 3.63) is 35.9 Å². The fourth-order valence-corrected chi connectivity index (χ4v) is 1.64. The van der Waals surface area contributed by atoms with E-state index >= 15 is 0 Å². The summed E-state index contributed by atoms with van der Waals surface area (Å²) in [5.41, 5.74) is -0.276. The summed E-state index contributed by atoms with van der Waals surface area (Å²) >= 11 is 0. The molecule has 120 valence electrons. The van der Waals surface area contributed by atoms with Crippen LogP contribution >= 0.6 is 0 Å². The first-order valence-electron chi connectivity index (χ1n) is 6.91. The summed E-state index contributed by atoms with van der Waals surface area (Å²) in [5, 5.41) is 2.44. The number of ketones is 1. The van der Waals surface area contributed by atoms with Crippen LogP contribution in [0.5, 0.6) is 0 Å². The number of hydrogen-bond donors (Lipinski definition) is 1. The Kier molecular flexibility index (Phi) is 6.10. The number of carbonyl (C=O) groups excluding carboxylic acids is 3. The van der Waals surface area contributed by atoms with Crippen LogP contribution in [-0.2, 0) is 14.3 Å². The molecule has 1 amide bonds. The molecular formula is C16H21NO5. The molecule has 1 unspecified atom stereocenters. The smallest absolute Gasteiger partial charge is 0.408 e. The monoisotopic (exact) mass is 307 g/mol. The lowest BCUT2D eigenvalue weighted by atomic mass is 10.1. The summed E-state index contributed by atoms with van der Waals surface area (Å²) in [6.45, 7) is 6.13. The van der Waals surface area contributed by atoms with Gasteiger partial charge in [0, 0.05) is 12.5 Å². The van der Waals surface area contributed by atoms with Crippen LogP contribution in [0.4, 0.5) is 4.79 Å². The third-order valence-corrected chi connectivity index (χ3v) is 2.52. The SMILES string of the molecule is CC(=O)OCC(NC(=O)OC(C)(C)C)C(=O)c1ccccc1. The zero-order valence-corrected chi connectivity index (χ0v) is 13.2. The molecule has 6 nitrogen and oxygen atoms in total. The van der Waals surface area contributed by atoms with Crippen LogP contribution in [0.2, 0.25) is 0 Å². The largest absolute Gasteiger partial charge is 0.463 e. The van der Waals surface area contributed by atoms with Crippen molar-refractivity contribution in [1.29, 1.82) is 0 Å². The van der Waals surface area contributed by atoms with E-state index in [9.17, 15) is 14.4 Å². The van der Waals surface area contributed by atoms with E-state index in [4.69, 9.17) is 9.47 Å². The average molecular weight is 307 g/mol. The van der Waals surface area contributed by atoms with Gasteiger partial charge in [-0.15, -0.1) is 0 Å². The molecular weight excluding hydrogens is 286 g/mol. The molecule has 0 spiro atoms. The van der Waals surface area contributed by atoms with Crippen LogP contribution in [0, 0.1) is 0 Å². The topological polar surface area (TPSA) is 81.7 Å². The summed E-state index contributed by atoms with van der Waals surface area (Å²) < 4.78 is 9.97. The Morgan fingerprint density at radius 2 is 1.73 bits per heavy atom. The number of hydrogen-bond acceptors (Lipinski definition) is 5. The lowest BCUT2D eigenvalue weighted by Gasteiger charge is -2.23. The van der Waals surface area contributed by atoms with Gasteiger partial charge in [0.1, 0.15) is 18.2 Å². The van der Waals surface area contributed by atoms with Crippen LogP contribution in [-0.4, -0.2) is 36.1 Å². The van der Waals surface area contributed by atoms with Gasteiger partial charge < -0.3 is 14.8 Å². The summed E-state index contributed by atoms with van der Waals surface area (Å²) in [5.74, 6) is -0.885. The first-order valence-corrected chi connectivity index (χ1v) is 6.91. The predicted octanol–water partition coefficient (Wildman–Crippen LogP) is 2.33. The third kappa shape index (κ3) is 6.39. The highest BCUT2D eigenvalue weighted by atomic mass is 16.6. The van der Waals surface area contributed by atoms with Crippen LogP contribution < -0.4 is 5.32 Å². The number of nitrogens with one attached hydrogen (secondary N) is 1. The molecule has 1 N–H and O–H groups in total. The highest BCUT2D eigenvalue weighted by Gasteiger charge is 2.26. The second-order valence-electron chi connectivity index (χ2n) is 5.73. The molecule has 0 radical (unpaired) electrons. The highest BCUT2D eigenvalue weighted by Crippen LogP contribution is 2.09. The Morgan fingerprint density at radius 3 is 2.23 bits per heavy atom. The van der Waals surface area contributed by atoms with Crippen molar-refractivity contribution in [3.63, 3.8) is 0 Å². The van der Waals surface area contributed by atoms with E-state index in [1.807, 2.05) is 0 Å². The van der Waals surface area contributed by atoms with Gasteiger partial charge in [0.05, 0.1) is 0 Å². The quantitative estimate of drug-likeness (QED) is 0.667. The van der Waals surface area contributed by atoms with Gasteiger partial charge in [-0.05, 0) is 20.8 Å². The molecule has 1 aromatic carbocycles. The van der Waals surface area contributed by atoms with Crippen molar-refractivity contribution in [2.45, 2.75) is 39.3 Å². The number of alkyl carbamates (subject to hydrolysis) is 1. The third-order valence-electron chi connectivity index (χ3n) is 2.52. The van der Waals surface area contributed by atoms with Crippen LogP contribution in [0.25, 0.3) is 0 Å². The molecule has 0 heterocycles. The Labute approximate surface area is 129 Å². The maximum absolute atomic E-state index is 12.4. The molecule has 1 atom stereocenters. The van der Waals surface area contributed by atoms with Gasteiger partial charge in [0.25, 0.3) is 0 Å². The molecule has 22 heavy (non-hydrogen) atoms. The molecule has 0 bridgehead atoms. The second kappa shape index (κ2) is 7.59. The molecule has 6 heteroatoms. The lowest BCUT2D eigenvalue weighted by Crippen LogP contribution is -2.46. The Bertz CT molecular complexity index is 533. The maximum atomic E-state index is 12.4. The number of esters is 1. The maximum Gasteiger partial charge on any atom is 0.408 e. The van der Waals surface area contributed by atoms with Gasteiger partial charge in [-0.25, -0.2) is 4.79 Å². The predicted molar refractivity (Wildman–Crippen MR) is 80.6 cm³/mol. The van der Waals surface area contributed by atoms with Gasteiger partial charge in [-0.1, -0.05) is 30.3 Å². The second-order valence-corrected chi connectivity index (χ2v) is 5.73. The van der Waals surface area contributed by atoms with Gasteiger partial charge in [-0.3, -0.25) is 9.59 Å². The molecule has 0 saturated carbocycles.